The van der Waals surface area contributed by atoms with Gasteiger partial charge in [-0.25, -0.2) is 4.98 Å². The van der Waals surface area contributed by atoms with Crippen LogP contribution in [0.4, 0.5) is 5.69 Å². The van der Waals surface area contributed by atoms with Crippen LogP contribution in [0, 0.1) is 0 Å². The molecule has 3 nitrogen and oxygen atoms in total. The SMILES string of the molecule is CCOc1nccc2c(NC)cccc12. The van der Waals surface area contributed by atoms with E-state index in [1.54, 1.807) is 6.20 Å². The second-order valence-electron chi connectivity index (χ2n) is 3.20. The van der Waals surface area contributed by atoms with E-state index in [1.165, 1.54) is 0 Å². The number of benzene rings is 1. The third kappa shape index (κ3) is 1.73. The van der Waals surface area contributed by atoms with Gasteiger partial charge in [0, 0.05) is 29.7 Å². The van der Waals surface area contributed by atoms with Gasteiger partial charge in [-0.2, -0.15) is 0 Å². The molecule has 0 amide bonds. The molecule has 0 fully saturated rings. The van der Waals surface area contributed by atoms with E-state index in [0.717, 1.165) is 16.5 Å². The Morgan fingerprint density at radius 3 is 2.87 bits per heavy atom. The third-order valence-corrected chi connectivity index (χ3v) is 2.32. The molecule has 0 aliphatic heterocycles. The van der Waals surface area contributed by atoms with Crippen LogP contribution >= 0.6 is 0 Å². The third-order valence-electron chi connectivity index (χ3n) is 2.32. The first kappa shape index (κ1) is 9.77. The number of nitrogens with one attached hydrogen (secondary N) is 1. The zero-order valence-corrected chi connectivity index (χ0v) is 8.95. The molecule has 1 N–H and O–H groups in total. The van der Waals surface area contributed by atoms with Crippen LogP contribution in [-0.4, -0.2) is 18.6 Å². The van der Waals surface area contributed by atoms with Crippen LogP contribution < -0.4 is 10.1 Å². The molecule has 0 atom stereocenters. The van der Waals surface area contributed by atoms with Gasteiger partial charge in [0.05, 0.1) is 6.61 Å². The van der Waals surface area contributed by atoms with E-state index < -0.39 is 0 Å². The van der Waals surface area contributed by atoms with Crippen LogP contribution in [0.2, 0.25) is 0 Å². The summed E-state index contributed by atoms with van der Waals surface area (Å²) in [6.07, 6.45) is 1.77. The van der Waals surface area contributed by atoms with E-state index in [2.05, 4.69) is 10.3 Å². The first-order chi connectivity index (χ1) is 7.36. The maximum Gasteiger partial charge on any atom is 0.221 e. The fourth-order valence-electron chi connectivity index (χ4n) is 1.65. The average molecular weight is 202 g/mol. The number of hydrogen-bond acceptors (Lipinski definition) is 3. The van der Waals surface area contributed by atoms with Crippen LogP contribution in [-0.2, 0) is 0 Å². The van der Waals surface area contributed by atoms with Crippen LogP contribution in [0.3, 0.4) is 0 Å². The minimum absolute atomic E-state index is 0.635. The molecule has 0 unspecified atom stereocenters. The van der Waals surface area contributed by atoms with Crippen molar-refractivity contribution in [3.05, 3.63) is 30.5 Å². The van der Waals surface area contributed by atoms with Gasteiger partial charge < -0.3 is 10.1 Å². The average Bonchev–Trinajstić information content (AvgIpc) is 2.29. The minimum atomic E-state index is 0.635. The summed E-state index contributed by atoms with van der Waals surface area (Å²) in [6, 6.07) is 8.05. The van der Waals surface area contributed by atoms with Crippen molar-refractivity contribution in [3.8, 4) is 5.88 Å². The molecule has 78 valence electrons. The van der Waals surface area contributed by atoms with Gasteiger partial charge in [0.15, 0.2) is 0 Å². The maximum atomic E-state index is 5.48. The normalized spacial score (nSPS) is 10.3. The zero-order chi connectivity index (χ0) is 10.7. The van der Waals surface area contributed by atoms with Crippen LogP contribution in [0.1, 0.15) is 6.92 Å². The van der Waals surface area contributed by atoms with Gasteiger partial charge >= 0.3 is 0 Å². The van der Waals surface area contributed by atoms with E-state index in [9.17, 15) is 0 Å². The Kier molecular flexibility index (Phi) is 2.72. The Morgan fingerprint density at radius 2 is 2.13 bits per heavy atom. The number of pyridine rings is 1. The lowest BCUT2D eigenvalue weighted by Gasteiger charge is -2.09. The molecular weight excluding hydrogens is 188 g/mol. The fraction of sp³-hybridized carbons (Fsp3) is 0.250. The second kappa shape index (κ2) is 4.17. The number of hydrogen-bond donors (Lipinski definition) is 1. The summed E-state index contributed by atoms with van der Waals surface area (Å²) in [7, 11) is 1.91. The first-order valence-electron chi connectivity index (χ1n) is 5.05. The maximum absolute atomic E-state index is 5.48. The molecule has 0 saturated carbocycles. The smallest absolute Gasteiger partial charge is 0.221 e. The van der Waals surface area contributed by atoms with Crippen molar-refractivity contribution in [2.24, 2.45) is 0 Å². The number of anilines is 1. The predicted octanol–water partition coefficient (Wildman–Crippen LogP) is 2.68. The molecule has 0 bridgehead atoms. The topological polar surface area (TPSA) is 34.1 Å². The van der Waals surface area contributed by atoms with Crippen LogP contribution in [0.5, 0.6) is 5.88 Å². The van der Waals surface area contributed by atoms with Crippen molar-refractivity contribution in [1.29, 1.82) is 0 Å². The molecule has 1 aromatic heterocycles. The van der Waals surface area contributed by atoms with Gasteiger partial charge in [0.1, 0.15) is 0 Å². The van der Waals surface area contributed by atoms with Crippen molar-refractivity contribution in [2.45, 2.75) is 6.92 Å². The molecule has 3 heteroatoms. The summed E-state index contributed by atoms with van der Waals surface area (Å²) >= 11 is 0. The van der Waals surface area contributed by atoms with Crippen molar-refractivity contribution in [2.75, 3.05) is 19.0 Å². The van der Waals surface area contributed by atoms with Crippen LogP contribution in [0.15, 0.2) is 30.5 Å². The van der Waals surface area contributed by atoms with E-state index >= 15 is 0 Å². The fourth-order valence-corrected chi connectivity index (χ4v) is 1.65. The molecule has 0 aliphatic carbocycles. The number of ether oxygens (including phenoxy) is 1. The summed E-state index contributed by atoms with van der Waals surface area (Å²) in [6.45, 7) is 2.60. The van der Waals surface area contributed by atoms with Gasteiger partial charge in [-0.1, -0.05) is 6.07 Å². The number of rotatable bonds is 3. The first-order valence-corrected chi connectivity index (χ1v) is 5.05. The highest BCUT2D eigenvalue weighted by Gasteiger charge is 2.04. The van der Waals surface area contributed by atoms with Crippen molar-refractivity contribution in [3.63, 3.8) is 0 Å². The zero-order valence-electron chi connectivity index (χ0n) is 8.95. The molecule has 2 rings (SSSR count). The Balaban J connectivity index is 2.65. The lowest BCUT2D eigenvalue weighted by Crippen LogP contribution is -1.96. The second-order valence-corrected chi connectivity index (χ2v) is 3.20. The Labute approximate surface area is 89.1 Å². The Morgan fingerprint density at radius 1 is 1.27 bits per heavy atom. The van der Waals surface area contributed by atoms with E-state index in [-0.39, 0.29) is 0 Å². The minimum Gasteiger partial charge on any atom is -0.478 e. The predicted molar refractivity (Wildman–Crippen MR) is 62.5 cm³/mol. The number of nitrogens with zero attached hydrogens (tertiary/aromatic N) is 1. The van der Waals surface area contributed by atoms with Crippen molar-refractivity contribution in [1.82, 2.24) is 4.98 Å². The number of fused-ring (bicyclic) bond motifs is 1. The molecule has 1 aromatic carbocycles. The van der Waals surface area contributed by atoms with Crippen LogP contribution in [0.25, 0.3) is 10.8 Å². The Bertz CT molecular complexity index is 468. The lowest BCUT2D eigenvalue weighted by molar-refractivity contribution is 0.331. The molecular formula is C12H14N2O. The van der Waals surface area contributed by atoms with Gasteiger partial charge in [-0.3, -0.25) is 0 Å². The van der Waals surface area contributed by atoms with Gasteiger partial charge in [0.25, 0.3) is 0 Å². The van der Waals surface area contributed by atoms with E-state index in [4.69, 9.17) is 4.74 Å². The highest BCUT2D eigenvalue weighted by molar-refractivity contribution is 5.96. The highest BCUT2D eigenvalue weighted by Crippen LogP contribution is 2.28. The lowest BCUT2D eigenvalue weighted by atomic mass is 10.1. The summed E-state index contributed by atoms with van der Waals surface area (Å²) < 4.78 is 5.48. The molecule has 0 aliphatic rings. The van der Waals surface area contributed by atoms with Gasteiger partial charge in [-0.05, 0) is 25.1 Å². The largest absolute Gasteiger partial charge is 0.478 e. The summed E-state index contributed by atoms with van der Waals surface area (Å²) in [4.78, 5) is 4.22. The molecule has 0 saturated heterocycles. The van der Waals surface area contributed by atoms with Crippen molar-refractivity contribution >= 4 is 16.5 Å². The quantitative estimate of drug-likeness (QED) is 0.830. The molecule has 15 heavy (non-hydrogen) atoms. The number of aromatic nitrogens is 1. The molecule has 0 spiro atoms. The van der Waals surface area contributed by atoms with Gasteiger partial charge in [0.2, 0.25) is 5.88 Å². The highest BCUT2D eigenvalue weighted by atomic mass is 16.5. The summed E-state index contributed by atoms with van der Waals surface area (Å²) in [5, 5.41) is 5.34. The summed E-state index contributed by atoms with van der Waals surface area (Å²) in [5.41, 5.74) is 1.09. The van der Waals surface area contributed by atoms with E-state index in [0.29, 0.717) is 12.5 Å². The monoisotopic (exact) mass is 202 g/mol. The standard InChI is InChI=1S/C12H14N2O/c1-3-15-12-10-5-4-6-11(13-2)9(10)7-8-14-12/h4-8,13H,3H2,1-2H3. The molecule has 1 heterocycles. The molecule has 2 aromatic rings. The van der Waals surface area contributed by atoms with E-state index in [1.807, 2.05) is 38.2 Å². The van der Waals surface area contributed by atoms with Crippen molar-refractivity contribution < 1.29 is 4.74 Å². The molecule has 0 radical (unpaired) electrons. The summed E-state index contributed by atoms with van der Waals surface area (Å²) in [5.74, 6) is 0.701. The van der Waals surface area contributed by atoms with Gasteiger partial charge in [-0.15, -0.1) is 0 Å². The Hall–Kier alpha value is -1.77.